The van der Waals surface area contributed by atoms with Crippen LogP contribution in [0.15, 0.2) is 23.4 Å². The van der Waals surface area contributed by atoms with Gasteiger partial charge in [0, 0.05) is 5.56 Å². The first kappa shape index (κ1) is 15.1. The van der Waals surface area contributed by atoms with Gasteiger partial charge in [-0.15, -0.1) is 0 Å². The molecule has 1 aromatic carbocycles. The first-order valence-electron chi connectivity index (χ1n) is 5.44. The largest absolute Gasteiger partial charge is 0.493 e. The molecule has 0 saturated heterocycles. The second kappa shape index (κ2) is 6.31. The Morgan fingerprint density at radius 2 is 2.00 bits per heavy atom. The zero-order chi connectivity index (χ0) is 14.5. The van der Waals surface area contributed by atoms with Crippen molar-refractivity contribution in [1.82, 2.24) is 0 Å². The zero-order valence-electron chi connectivity index (χ0n) is 10.5. The molecule has 0 bridgehead atoms. The maximum atomic E-state index is 12.0. The van der Waals surface area contributed by atoms with E-state index >= 15 is 0 Å². The zero-order valence-corrected chi connectivity index (χ0v) is 10.5. The fraction of sp³-hybridized carbons (Fsp3) is 0.417. The lowest BCUT2D eigenvalue weighted by atomic mass is 10.1. The van der Waals surface area contributed by atoms with E-state index in [1.54, 1.807) is 13.0 Å². The maximum Gasteiger partial charge on any atom is 0.392 e. The van der Waals surface area contributed by atoms with E-state index in [1.807, 2.05) is 0 Å². The highest BCUT2D eigenvalue weighted by molar-refractivity contribution is 5.98. The van der Waals surface area contributed by atoms with Gasteiger partial charge >= 0.3 is 6.18 Å². The Bertz CT molecular complexity index is 458. The molecule has 19 heavy (non-hydrogen) atoms. The molecule has 0 heterocycles. The van der Waals surface area contributed by atoms with Gasteiger partial charge in [-0.2, -0.15) is 13.2 Å². The molecule has 0 radical (unpaired) electrons. The van der Waals surface area contributed by atoms with E-state index in [-0.39, 0.29) is 11.5 Å². The van der Waals surface area contributed by atoms with Crippen LogP contribution in [0.3, 0.4) is 0 Å². The third-order valence-electron chi connectivity index (χ3n) is 2.37. The predicted octanol–water partition coefficient (Wildman–Crippen LogP) is 3.22. The number of benzene rings is 1. The van der Waals surface area contributed by atoms with Gasteiger partial charge in [0.1, 0.15) is 0 Å². The number of rotatable bonds is 5. The number of ether oxygens (including phenoxy) is 2. The molecule has 0 aromatic heterocycles. The number of nitrogens with zero attached hydrogens (tertiary/aromatic N) is 1. The molecule has 0 aliphatic rings. The van der Waals surface area contributed by atoms with Gasteiger partial charge in [-0.3, -0.25) is 0 Å². The average molecular weight is 277 g/mol. The summed E-state index contributed by atoms with van der Waals surface area (Å²) in [5.74, 6) is 0.490. The summed E-state index contributed by atoms with van der Waals surface area (Å²) in [5.41, 5.74) is 0.947. The summed E-state index contributed by atoms with van der Waals surface area (Å²) in [5, 5.41) is 11.7. The fourth-order valence-electron chi connectivity index (χ4n) is 1.35. The third kappa shape index (κ3) is 4.69. The van der Waals surface area contributed by atoms with E-state index < -0.39 is 19.2 Å². The fourth-order valence-corrected chi connectivity index (χ4v) is 1.35. The van der Waals surface area contributed by atoms with Crippen LogP contribution in [-0.4, -0.2) is 30.8 Å². The monoisotopic (exact) mass is 277 g/mol. The highest BCUT2D eigenvalue weighted by Crippen LogP contribution is 2.29. The van der Waals surface area contributed by atoms with Crippen LogP contribution in [0.4, 0.5) is 13.2 Å². The Balaban J connectivity index is 2.79. The van der Waals surface area contributed by atoms with Gasteiger partial charge < -0.3 is 14.7 Å². The van der Waals surface area contributed by atoms with Crippen LogP contribution in [0.25, 0.3) is 0 Å². The highest BCUT2D eigenvalue weighted by Gasteiger charge is 2.27. The number of methoxy groups -OCH3 is 1. The van der Waals surface area contributed by atoms with Crippen LogP contribution in [0.1, 0.15) is 18.9 Å². The number of alkyl halides is 3. The third-order valence-corrected chi connectivity index (χ3v) is 2.37. The van der Waals surface area contributed by atoms with Gasteiger partial charge in [-0.05, 0) is 25.1 Å². The standard InChI is InChI=1S/C12H14F3NO3/c1-8(16-17)9-3-4-10(11(7-9)18-2)19-6-5-12(13,14)15/h3-4,7,17H,5-6H2,1-2H3. The van der Waals surface area contributed by atoms with Crippen LogP contribution in [0.5, 0.6) is 11.5 Å². The molecule has 1 N–H and O–H groups in total. The molecule has 0 amide bonds. The van der Waals surface area contributed by atoms with Crippen molar-refractivity contribution in [2.45, 2.75) is 19.5 Å². The second-order valence-electron chi connectivity index (χ2n) is 3.76. The Morgan fingerprint density at radius 1 is 1.32 bits per heavy atom. The van der Waals surface area contributed by atoms with E-state index in [0.717, 1.165) is 0 Å². The van der Waals surface area contributed by atoms with Crippen molar-refractivity contribution < 1.29 is 27.9 Å². The van der Waals surface area contributed by atoms with E-state index in [2.05, 4.69) is 5.16 Å². The summed E-state index contributed by atoms with van der Waals surface area (Å²) in [6.45, 7) is 1.10. The average Bonchev–Trinajstić information content (AvgIpc) is 2.36. The number of oxime groups is 1. The highest BCUT2D eigenvalue weighted by atomic mass is 19.4. The van der Waals surface area contributed by atoms with Gasteiger partial charge in [-0.25, -0.2) is 0 Å². The molecule has 0 atom stereocenters. The van der Waals surface area contributed by atoms with Crippen LogP contribution in [0.2, 0.25) is 0 Å². The summed E-state index contributed by atoms with van der Waals surface area (Å²) in [6, 6.07) is 4.57. The Kier molecular flexibility index (Phi) is 5.02. The first-order chi connectivity index (χ1) is 8.87. The molecule has 7 heteroatoms. The molecule has 0 unspecified atom stereocenters. The smallest absolute Gasteiger partial charge is 0.392 e. The summed E-state index contributed by atoms with van der Waals surface area (Å²) < 4.78 is 46.1. The lowest BCUT2D eigenvalue weighted by molar-refractivity contribution is -0.139. The van der Waals surface area contributed by atoms with Crippen molar-refractivity contribution in [3.8, 4) is 11.5 Å². The molecule has 0 saturated carbocycles. The summed E-state index contributed by atoms with van der Waals surface area (Å²) in [6.07, 6.45) is -5.29. The molecular formula is C12H14F3NO3. The molecule has 4 nitrogen and oxygen atoms in total. The molecule has 1 rings (SSSR count). The van der Waals surface area contributed by atoms with E-state index in [9.17, 15) is 13.2 Å². The van der Waals surface area contributed by atoms with Crippen molar-refractivity contribution >= 4 is 5.71 Å². The summed E-state index contributed by atoms with van der Waals surface area (Å²) >= 11 is 0. The van der Waals surface area contributed by atoms with Crippen molar-refractivity contribution in [2.75, 3.05) is 13.7 Å². The van der Waals surface area contributed by atoms with Crippen molar-refractivity contribution in [2.24, 2.45) is 5.16 Å². The van der Waals surface area contributed by atoms with Gasteiger partial charge in [0.05, 0.1) is 25.8 Å². The van der Waals surface area contributed by atoms with E-state index in [1.165, 1.54) is 19.2 Å². The van der Waals surface area contributed by atoms with Crippen LogP contribution in [-0.2, 0) is 0 Å². The molecule has 0 aliphatic heterocycles. The number of halogens is 3. The number of hydrogen-bond donors (Lipinski definition) is 1. The molecule has 106 valence electrons. The Hall–Kier alpha value is -1.92. The maximum absolute atomic E-state index is 12.0. The van der Waals surface area contributed by atoms with Crippen LogP contribution in [0, 0.1) is 0 Å². The molecule has 0 spiro atoms. The van der Waals surface area contributed by atoms with Crippen molar-refractivity contribution in [3.05, 3.63) is 23.8 Å². The predicted molar refractivity (Wildman–Crippen MR) is 63.2 cm³/mol. The van der Waals surface area contributed by atoms with Gasteiger partial charge in [0.15, 0.2) is 11.5 Å². The molecule has 1 aromatic rings. The van der Waals surface area contributed by atoms with E-state index in [0.29, 0.717) is 11.3 Å². The summed E-state index contributed by atoms with van der Waals surface area (Å²) in [4.78, 5) is 0. The minimum Gasteiger partial charge on any atom is -0.493 e. The van der Waals surface area contributed by atoms with E-state index in [4.69, 9.17) is 14.7 Å². The lowest BCUT2D eigenvalue weighted by Gasteiger charge is -2.12. The van der Waals surface area contributed by atoms with Gasteiger partial charge in [-0.1, -0.05) is 5.16 Å². The minimum absolute atomic E-state index is 0.209. The summed E-state index contributed by atoms with van der Waals surface area (Å²) in [7, 11) is 1.38. The normalized spacial score (nSPS) is 12.4. The lowest BCUT2D eigenvalue weighted by Crippen LogP contribution is -2.13. The van der Waals surface area contributed by atoms with Crippen LogP contribution >= 0.6 is 0 Å². The minimum atomic E-state index is -4.26. The van der Waals surface area contributed by atoms with Crippen LogP contribution < -0.4 is 9.47 Å². The quantitative estimate of drug-likeness (QED) is 0.510. The second-order valence-corrected chi connectivity index (χ2v) is 3.76. The Morgan fingerprint density at radius 3 is 2.53 bits per heavy atom. The van der Waals surface area contributed by atoms with Gasteiger partial charge in [0.25, 0.3) is 0 Å². The first-order valence-corrected chi connectivity index (χ1v) is 5.44. The topological polar surface area (TPSA) is 51.0 Å². The van der Waals surface area contributed by atoms with Crippen molar-refractivity contribution in [3.63, 3.8) is 0 Å². The number of hydrogen-bond acceptors (Lipinski definition) is 4. The molecular weight excluding hydrogens is 263 g/mol. The SMILES string of the molecule is COc1cc(C(C)=NO)ccc1OCCC(F)(F)F. The van der Waals surface area contributed by atoms with Gasteiger partial charge in [0.2, 0.25) is 0 Å². The van der Waals surface area contributed by atoms with Crippen molar-refractivity contribution in [1.29, 1.82) is 0 Å². The molecule has 0 aliphatic carbocycles. The Labute approximate surface area is 108 Å². The molecule has 0 fully saturated rings.